The summed E-state index contributed by atoms with van der Waals surface area (Å²) < 4.78 is 0. The largest absolute Gasteiger partial charge is 0.507 e. The van der Waals surface area contributed by atoms with Gasteiger partial charge in [-0.15, -0.1) is 0 Å². The Labute approximate surface area is 96.1 Å². The molecule has 84 valence electrons. The standard InChI is InChI=1S/C12H18ClNO/c1-7(4-5-14)11-9(3)10(13)6-8(2)12(11)15/h6-7,15H,4-5,14H2,1-3H3. The Morgan fingerprint density at radius 2 is 2.07 bits per heavy atom. The van der Waals surface area contributed by atoms with Crippen molar-refractivity contribution in [3.05, 3.63) is 27.8 Å². The van der Waals surface area contributed by atoms with Crippen molar-refractivity contribution in [2.45, 2.75) is 33.1 Å². The summed E-state index contributed by atoms with van der Waals surface area (Å²) >= 11 is 6.09. The molecule has 1 aromatic rings. The predicted molar refractivity (Wildman–Crippen MR) is 64.7 cm³/mol. The molecule has 0 heterocycles. The Balaban J connectivity index is 3.26. The molecule has 0 aliphatic heterocycles. The molecule has 1 atom stereocenters. The molecule has 0 amide bonds. The number of phenols is 1. The number of aromatic hydroxyl groups is 1. The van der Waals surface area contributed by atoms with E-state index in [4.69, 9.17) is 17.3 Å². The third-order valence-electron chi connectivity index (χ3n) is 2.83. The number of hydrogen-bond donors (Lipinski definition) is 2. The van der Waals surface area contributed by atoms with Gasteiger partial charge in [0.05, 0.1) is 0 Å². The van der Waals surface area contributed by atoms with E-state index < -0.39 is 0 Å². The van der Waals surface area contributed by atoms with Crippen LogP contribution >= 0.6 is 11.6 Å². The van der Waals surface area contributed by atoms with E-state index >= 15 is 0 Å². The molecular formula is C12H18ClNO. The van der Waals surface area contributed by atoms with Crippen molar-refractivity contribution in [1.82, 2.24) is 0 Å². The van der Waals surface area contributed by atoms with Crippen LogP contribution in [-0.4, -0.2) is 11.7 Å². The van der Waals surface area contributed by atoms with Crippen LogP contribution < -0.4 is 5.73 Å². The highest BCUT2D eigenvalue weighted by molar-refractivity contribution is 6.31. The number of halogens is 1. The van der Waals surface area contributed by atoms with Gasteiger partial charge in [-0.3, -0.25) is 0 Å². The number of benzene rings is 1. The smallest absolute Gasteiger partial charge is 0.122 e. The van der Waals surface area contributed by atoms with Crippen molar-refractivity contribution < 1.29 is 5.11 Å². The Hall–Kier alpha value is -0.730. The van der Waals surface area contributed by atoms with E-state index in [1.807, 2.05) is 13.8 Å². The minimum absolute atomic E-state index is 0.243. The highest BCUT2D eigenvalue weighted by atomic mass is 35.5. The van der Waals surface area contributed by atoms with Crippen LogP contribution in [0, 0.1) is 13.8 Å². The highest BCUT2D eigenvalue weighted by Crippen LogP contribution is 2.37. The molecule has 0 aliphatic carbocycles. The van der Waals surface area contributed by atoms with Crippen LogP contribution in [-0.2, 0) is 0 Å². The SMILES string of the molecule is Cc1cc(Cl)c(C)c(C(C)CCN)c1O. The van der Waals surface area contributed by atoms with Gasteiger partial charge < -0.3 is 10.8 Å². The van der Waals surface area contributed by atoms with Crippen molar-refractivity contribution in [2.75, 3.05) is 6.54 Å². The van der Waals surface area contributed by atoms with E-state index in [9.17, 15) is 5.11 Å². The van der Waals surface area contributed by atoms with Crippen molar-refractivity contribution in [3.8, 4) is 5.75 Å². The molecule has 3 heteroatoms. The topological polar surface area (TPSA) is 46.2 Å². The fourth-order valence-electron chi connectivity index (χ4n) is 1.88. The van der Waals surface area contributed by atoms with Gasteiger partial charge in [-0.05, 0) is 49.9 Å². The average molecular weight is 228 g/mol. The molecule has 0 bridgehead atoms. The molecule has 2 nitrogen and oxygen atoms in total. The van der Waals surface area contributed by atoms with Crippen LogP contribution in [0.1, 0.15) is 36.0 Å². The lowest BCUT2D eigenvalue weighted by atomic mass is 9.91. The molecule has 1 unspecified atom stereocenters. The van der Waals surface area contributed by atoms with Gasteiger partial charge in [0, 0.05) is 10.6 Å². The maximum absolute atomic E-state index is 10.0. The van der Waals surface area contributed by atoms with Gasteiger partial charge in [-0.25, -0.2) is 0 Å². The van der Waals surface area contributed by atoms with E-state index in [1.165, 1.54) is 0 Å². The molecule has 0 aliphatic rings. The maximum atomic E-state index is 10.0. The molecule has 1 rings (SSSR count). The van der Waals surface area contributed by atoms with Crippen LogP contribution in [0.4, 0.5) is 0 Å². The first kappa shape index (κ1) is 12.3. The molecule has 0 radical (unpaired) electrons. The van der Waals surface area contributed by atoms with E-state index in [0.717, 1.165) is 23.1 Å². The lowest BCUT2D eigenvalue weighted by molar-refractivity contribution is 0.456. The second-order valence-electron chi connectivity index (χ2n) is 4.04. The summed E-state index contributed by atoms with van der Waals surface area (Å²) in [6.07, 6.45) is 0.855. The zero-order valence-corrected chi connectivity index (χ0v) is 10.2. The van der Waals surface area contributed by atoms with Gasteiger partial charge in [0.2, 0.25) is 0 Å². The average Bonchev–Trinajstić information content (AvgIpc) is 2.16. The first-order valence-corrected chi connectivity index (χ1v) is 5.55. The first-order chi connectivity index (χ1) is 6.99. The number of nitrogens with two attached hydrogens (primary N) is 1. The monoisotopic (exact) mass is 227 g/mol. The van der Waals surface area contributed by atoms with Crippen LogP contribution in [0.3, 0.4) is 0 Å². The van der Waals surface area contributed by atoms with E-state index in [2.05, 4.69) is 6.92 Å². The third-order valence-corrected chi connectivity index (χ3v) is 3.22. The Kier molecular flexibility index (Phi) is 4.00. The van der Waals surface area contributed by atoms with Crippen molar-refractivity contribution >= 4 is 11.6 Å². The molecule has 1 aromatic carbocycles. The van der Waals surface area contributed by atoms with Crippen molar-refractivity contribution in [1.29, 1.82) is 0 Å². The lowest BCUT2D eigenvalue weighted by Gasteiger charge is -2.18. The van der Waals surface area contributed by atoms with Gasteiger partial charge in [0.25, 0.3) is 0 Å². The minimum atomic E-state index is 0.243. The summed E-state index contributed by atoms with van der Waals surface area (Å²) in [7, 11) is 0. The summed E-state index contributed by atoms with van der Waals surface area (Å²) in [6, 6.07) is 1.80. The van der Waals surface area contributed by atoms with Gasteiger partial charge in [-0.1, -0.05) is 18.5 Å². The van der Waals surface area contributed by atoms with Crippen LogP contribution in [0.25, 0.3) is 0 Å². The van der Waals surface area contributed by atoms with Gasteiger partial charge in [-0.2, -0.15) is 0 Å². The molecule has 0 aromatic heterocycles. The summed E-state index contributed by atoms with van der Waals surface area (Å²) in [6.45, 7) is 6.47. The second-order valence-corrected chi connectivity index (χ2v) is 4.45. The molecule has 0 saturated heterocycles. The highest BCUT2D eigenvalue weighted by Gasteiger charge is 2.16. The molecule has 0 spiro atoms. The van der Waals surface area contributed by atoms with Crippen molar-refractivity contribution in [2.24, 2.45) is 5.73 Å². The Bertz CT molecular complexity index is 337. The summed E-state index contributed by atoms with van der Waals surface area (Å²) in [5.74, 6) is 0.602. The zero-order chi connectivity index (χ0) is 11.6. The zero-order valence-electron chi connectivity index (χ0n) is 9.47. The molecule has 3 N–H and O–H groups in total. The molecule has 0 saturated carbocycles. The lowest BCUT2D eigenvalue weighted by Crippen LogP contribution is -2.06. The predicted octanol–water partition coefficient (Wildman–Crippen LogP) is 3.11. The van der Waals surface area contributed by atoms with Crippen LogP contribution in [0.15, 0.2) is 6.07 Å². The summed E-state index contributed by atoms with van der Waals surface area (Å²) in [5.41, 5.74) is 8.25. The van der Waals surface area contributed by atoms with E-state index in [1.54, 1.807) is 6.07 Å². The quantitative estimate of drug-likeness (QED) is 0.834. The molecule has 15 heavy (non-hydrogen) atoms. The normalized spacial score (nSPS) is 12.9. The van der Waals surface area contributed by atoms with Gasteiger partial charge in [0.1, 0.15) is 5.75 Å². The maximum Gasteiger partial charge on any atom is 0.122 e. The number of rotatable bonds is 3. The second kappa shape index (κ2) is 4.86. The summed E-state index contributed by atoms with van der Waals surface area (Å²) in [4.78, 5) is 0. The van der Waals surface area contributed by atoms with Gasteiger partial charge >= 0.3 is 0 Å². The fourth-order valence-corrected chi connectivity index (χ4v) is 2.15. The molecule has 0 fully saturated rings. The number of phenolic OH excluding ortho intramolecular Hbond substituents is 1. The minimum Gasteiger partial charge on any atom is -0.507 e. The third kappa shape index (κ3) is 2.44. The first-order valence-electron chi connectivity index (χ1n) is 5.17. The fraction of sp³-hybridized carbons (Fsp3) is 0.500. The van der Waals surface area contributed by atoms with Crippen LogP contribution in [0.2, 0.25) is 5.02 Å². The Morgan fingerprint density at radius 3 is 2.60 bits per heavy atom. The molecular weight excluding hydrogens is 210 g/mol. The number of aryl methyl sites for hydroxylation is 1. The van der Waals surface area contributed by atoms with Crippen LogP contribution in [0.5, 0.6) is 5.75 Å². The van der Waals surface area contributed by atoms with Crippen molar-refractivity contribution in [3.63, 3.8) is 0 Å². The van der Waals surface area contributed by atoms with E-state index in [0.29, 0.717) is 17.3 Å². The van der Waals surface area contributed by atoms with E-state index in [-0.39, 0.29) is 5.92 Å². The Morgan fingerprint density at radius 1 is 1.47 bits per heavy atom. The van der Waals surface area contributed by atoms with Gasteiger partial charge in [0.15, 0.2) is 0 Å². The number of hydrogen-bond acceptors (Lipinski definition) is 2. The summed E-state index contributed by atoms with van der Waals surface area (Å²) in [5, 5.41) is 10.7.